The summed E-state index contributed by atoms with van der Waals surface area (Å²) in [6.07, 6.45) is 0. The van der Waals surface area contributed by atoms with E-state index in [2.05, 4.69) is 262 Å². The molecule has 13 rings (SSSR count). The fraction of sp³-hybridized carbons (Fsp3) is 0. The third-order valence-corrected chi connectivity index (χ3v) is 18.3. The van der Waals surface area contributed by atoms with Gasteiger partial charge in [-0.1, -0.05) is 176 Å². The summed E-state index contributed by atoms with van der Waals surface area (Å²) < 4.78 is 7.36. The number of rotatable bonds is 8. The molecule has 3 aromatic heterocycles. The van der Waals surface area contributed by atoms with Gasteiger partial charge in [0.05, 0.1) is 33.1 Å². The van der Waals surface area contributed by atoms with E-state index in [1.807, 2.05) is 0 Å². The number of benzene rings is 10. The van der Waals surface area contributed by atoms with Gasteiger partial charge in [0.15, 0.2) is 8.07 Å². The minimum atomic E-state index is -2.85. The van der Waals surface area contributed by atoms with Gasteiger partial charge in [0, 0.05) is 38.6 Å². The quantitative estimate of drug-likeness (QED) is 0.107. The van der Waals surface area contributed by atoms with Crippen LogP contribution in [0.25, 0.3) is 82.8 Å². The summed E-state index contributed by atoms with van der Waals surface area (Å²) in [6, 6.07) is 92.2. The average Bonchev–Trinajstić information content (AvgIpc) is 4.02. The standard InChI is InChI=1S/C60H41N3Si/c1-5-18-42(19-6-1)43-34-37-49(38-35-43)64(47-23-9-3-10-24-47,48-25-11-4-12-26-48)50-27-15-22-45(40-50)62-53-29-14-13-28-51(53)52-41-46(36-39-54(52)62)63-57-32-16-30-55-59(57)60-56(31-17-33-58(60)63)61(55)44-20-7-2-8-21-44/h1-41H. The van der Waals surface area contributed by atoms with Crippen molar-refractivity contribution in [1.82, 2.24) is 13.7 Å². The van der Waals surface area contributed by atoms with E-state index >= 15 is 0 Å². The highest BCUT2D eigenvalue weighted by Crippen LogP contribution is 2.43. The number of fused-ring (bicyclic) bond motifs is 3. The normalized spacial score (nSPS) is 12.1. The van der Waals surface area contributed by atoms with Gasteiger partial charge in [-0.2, -0.15) is 0 Å². The summed E-state index contributed by atoms with van der Waals surface area (Å²) in [5.41, 5.74) is 13.2. The minimum absolute atomic E-state index is 1.16. The van der Waals surface area contributed by atoms with Gasteiger partial charge in [-0.15, -0.1) is 0 Å². The number of hydrogen-bond acceptors (Lipinski definition) is 0. The lowest BCUT2D eigenvalue weighted by Crippen LogP contribution is -2.74. The van der Waals surface area contributed by atoms with E-state index in [-0.39, 0.29) is 0 Å². The van der Waals surface area contributed by atoms with Crippen molar-refractivity contribution in [3.63, 3.8) is 0 Å². The molecular weight excluding hydrogens is 791 g/mol. The molecule has 0 aliphatic carbocycles. The van der Waals surface area contributed by atoms with E-state index in [0.29, 0.717) is 0 Å². The molecule has 0 atom stereocenters. The Morgan fingerprint density at radius 2 is 0.641 bits per heavy atom. The van der Waals surface area contributed by atoms with Crippen LogP contribution in [0.3, 0.4) is 0 Å². The van der Waals surface area contributed by atoms with Gasteiger partial charge in [-0.3, -0.25) is 0 Å². The predicted molar refractivity (Wildman–Crippen MR) is 272 cm³/mol. The zero-order valence-electron chi connectivity index (χ0n) is 35.0. The highest BCUT2D eigenvalue weighted by molar-refractivity contribution is 7.19. The molecule has 0 aliphatic heterocycles. The van der Waals surface area contributed by atoms with Crippen LogP contribution >= 0.6 is 0 Å². The second kappa shape index (κ2) is 14.5. The zero-order valence-corrected chi connectivity index (χ0v) is 36.0. The molecule has 3 nitrogen and oxygen atoms in total. The lowest BCUT2D eigenvalue weighted by atomic mass is 10.1. The number of para-hydroxylation sites is 2. The van der Waals surface area contributed by atoms with Crippen molar-refractivity contribution in [2.75, 3.05) is 0 Å². The Morgan fingerprint density at radius 1 is 0.234 bits per heavy atom. The molecule has 0 aliphatic rings. The maximum absolute atomic E-state index is 2.85. The molecule has 0 saturated carbocycles. The van der Waals surface area contributed by atoms with E-state index in [4.69, 9.17) is 0 Å². The minimum Gasteiger partial charge on any atom is -0.309 e. The van der Waals surface area contributed by atoms with Crippen molar-refractivity contribution < 1.29 is 0 Å². The van der Waals surface area contributed by atoms with Gasteiger partial charge in [0.1, 0.15) is 0 Å². The van der Waals surface area contributed by atoms with Gasteiger partial charge in [-0.05, 0) is 105 Å². The van der Waals surface area contributed by atoms with Crippen LogP contribution in [0.5, 0.6) is 0 Å². The van der Waals surface area contributed by atoms with Crippen LogP contribution < -0.4 is 20.7 Å². The molecule has 3 heterocycles. The average molecular weight is 832 g/mol. The van der Waals surface area contributed by atoms with Crippen molar-refractivity contribution >= 4 is 83.5 Å². The second-order valence-corrected chi connectivity index (χ2v) is 20.7. The Morgan fingerprint density at radius 3 is 1.27 bits per heavy atom. The van der Waals surface area contributed by atoms with Crippen LogP contribution in [0, 0.1) is 0 Å². The summed E-state index contributed by atoms with van der Waals surface area (Å²) in [5.74, 6) is 0. The highest BCUT2D eigenvalue weighted by Gasteiger charge is 2.41. The first-order chi connectivity index (χ1) is 31.8. The second-order valence-electron chi connectivity index (χ2n) is 16.9. The number of hydrogen-bond donors (Lipinski definition) is 0. The molecule has 0 amide bonds. The lowest BCUT2D eigenvalue weighted by molar-refractivity contribution is 1.15. The first-order valence-electron chi connectivity index (χ1n) is 22.1. The molecule has 4 heteroatoms. The fourth-order valence-corrected chi connectivity index (χ4v) is 15.6. The molecule has 0 spiro atoms. The molecule has 300 valence electrons. The molecule has 64 heavy (non-hydrogen) atoms. The maximum atomic E-state index is 2.48. The van der Waals surface area contributed by atoms with Crippen molar-refractivity contribution in [3.8, 4) is 28.2 Å². The van der Waals surface area contributed by atoms with E-state index in [9.17, 15) is 0 Å². The topological polar surface area (TPSA) is 14.8 Å². The predicted octanol–water partition coefficient (Wildman–Crippen LogP) is 12.3. The van der Waals surface area contributed by atoms with Crippen molar-refractivity contribution in [2.45, 2.75) is 0 Å². The first kappa shape index (κ1) is 36.5. The Balaban J connectivity index is 1.01. The molecule has 0 unspecified atom stereocenters. The summed E-state index contributed by atoms with van der Waals surface area (Å²) >= 11 is 0. The Hall–Kier alpha value is -8.18. The Labute approximate surface area is 372 Å². The van der Waals surface area contributed by atoms with Crippen LogP contribution in [-0.4, -0.2) is 21.8 Å². The maximum Gasteiger partial charge on any atom is 0.179 e. The van der Waals surface area contributed by atoms with Gasteiger partial charge in [0.2, 0.25) is 0 Å². The van der Waals surface area contributed by atoms with Gasteiger partial charge >= 0.3 is 0 Å². The summed E-state index contributed by atoms with van der Waals surface area (Å²) in [5, 5.41) is 10.5. The van der Waals surface area contributed by atoms with Gasteiger partial charge in [0.25, 0.3) is 0 Å². The lowest BCUT2D eigenvalue weighted by Gasteiger charge is -2.35. The molecule has 0 bridgehead atoms. The zero-order chi connectivity index (χ0) is 42.2. The van der Waals surface area contributed by atoms with E-state index in [0.717, 1.165) is 11.4 Å². The molecule has 10 aromatic carbocycles. The van der Waals surface area contributed by atoms with E-state index in [1.165, 1.54) is 92.2 Å². The number of nitrogens with zero attached hydrogens (tertiary/aromatic N) is 3. The Bertz CT molecular complexity index is 3700. The van der Waals surface area contributed by atoms with Crippen molar-refractivity contribution in [1.29, 1.82) is 0 Å². The fourth-order valence-electron chi connectivity index (χ4n) is 10.9. The van der Waals surface area contributed by atoms with Crippen molar-refractivity contribution in [2.24, 2.45) is 0 Å². The van der Waals surface area contributed by atoms with E-state index < -0.39 is 8.07 Å². The van der Waals surface area contributed by atoms with Crippen LogP contribution in [0.2, 0.25) is 0 Å². The first-order valence-corrected chi connectivity index (χ1v) is 24.1. The smallest absolute Gasteiger partial charge is 0.179 e. The monoisotopic (exact) mass is 831 g/mol. The molecule has 0 N–H and O–H groups in total. The van der Waals surface area contributed by atoms with E-state index in [1.54, 1.807) is 0 Å². The number of aromatic nitrogens is 3. The third-order valence-electron chi connectivity index (χ3n) is 13.6. The molecular formula is C60H41N3Si. The largest absolute Gasteiger partial charge is 0.309 e. The summed E-state index contributed by atoms with van der Waals surface area (Å²) in [6.45, 7) is 0. The SMILES string of the molecule is c1ccc(-c2ccc([Si](c3ccccc3)(c3ccccc3)c3cccc(-n4c5ccccc5c5cc(-n6c7cccc8c7c7c(cccc76)n8-c6ccccc6)ccc54)c3)cc2)cc1. The highest BCUT2D eigenvalue weighted by atomic mass is 28.3. The van der Waals surface area contributed by atoms with Crippen LogP contribution in [0.4, 0.5) is 0 Å². The van der Waals surface area contributed by atoms with Crippen molar-refractivity contribution in [3.05, 3.63) is 249 Å². The van der Waals surface area contributed by atoms with Crippen LogP contribution in [-0.2, 0) is 0 Å². The van der Waals surface area contributed by atoms with Gasteiger partial charge in [-0.25, -0.2) is 0 Å². The molecule has 13 aromatic rings. The molecule has 0 saturated heterocycles. The van der Waals surface area contributed by atoms with Crippen LogP contribution in [0.15, 0.2) is 249 Å². The summed E-state index contributed by atoms with van der Waals surface area (Å²) in [7, 11) is -2.85. The summed E-state index contributed by atoms with van der Waals surface area (Å²) in [4.78, 5) is 0. The molecule has 0 fully saturated rings. The third kappa shape index (κ3) is 5.33. The molecule has 0 radical (unpaired) electrons. The Kier molecular flexibility index (Phi) is 8.23. The van der Waals surface area contributed by atoms with Gasteiger partial charge < -0.3 is 13.7 Å². The van der Waals surface area contributed by atoms with Crippen LogP contribution in [0.1, 0.15) is 0 Å².